The molecule has 1 N–H and O–H groups in total. The van der Waals surface area contributed by atoms with E-state index in [0.717, 1.165) is 30.5 Å². The molecule has 19 heavy (non-hydrogen) atoms. The average molecular weight is 282 g/mol. The second kappa shape index (κ2) is 5.59. The fourth-order valence-corrected chi connectivity index (χ4v) is 3.05. The molecule has 3 rings (SSSR count). The highest BCUT2D eigenvalue weighted by atomic mass is 35.5. The Morgan fingerprint density at radius 2 is 1.95 bits per heavy atom. The number of rotatable bonds is 5. The third-order valence-electron chi connectivity index (χ3n) is 4.00. The average Bonchev–Trinajstić information content (AvgIpc) is 3.10. The Kier molecular flexibility index (Phi) is 3.85. The van der Waals surface area contributed by atoms with Crippen molar-refractivity contribution in [1.29, 1.82) is 0 Å². The van der Waals surface area contributed by atoms with Gasteiger partial charge in [0, 0.05) is 23.6 Å². The quantitative estimate of drug-likeness (QED) is 0.900. The minimum absolute atomic E-state index is 0.318. The molecule has 1 saturated carbocycles. The number of hydrogen-bond acceptors (Lipinski definition) is 3. The van der Waals surface area contributed by atoms with Gasteiger partial charge in [0.05, 0.1) is 7.11 Å². The van der Waals surface area contributed by atoms with Crippen molar-refractivity contribution in [3.63, 3.8) is 0 Å². The van der Waals surface area contributed by atoms with Crippen molar-refractivity contribution in [2.75, 3.05) is 20.2 Å². The van der Waals surface area contributed by atoms with Crippen LogP contribution in [-0.4, -0.2) is 26.3 Å². The lowest BCUT2D eigenvalue weighted by Crippen LogP contribution is -2.30. The predicted molar refractivity (Wildman–Crippen MR) is 76.1 cm³/mol. The molecule has 1 saturated heterocycles. The molecule has 2 atom stereocenters. The van der Waals surface area contributed by atoms with Crippen molar-refractivity contribution < 1.29 is 9.47 Å². The molecule has 0 spiro atoms. The van der Waals surface area contributed by atoms with E-state index in [4.69, 9.17) is 21.1 Å². The van der Waals surface area contributed by atoms with Gasteiger partial charge in [-0.1, -0.05) is 11.6 Å². The Morgan fingerprint density at radius 3 is 2.58 bits per heavy atom. The number of methoxy groups -OCH3 is 1. The Labute approximate surface area is 119 Å². The van der Waals surface area contributed by atoms with E-state index in [2.05, 4.69) is 5.32 Å². The molecule has 0 aromatic heterocycles. The number of benzene rings is 1. The Bertz CT molecular complexity index is 442. The van der Waals surface area contributed by atoms with Crippen molar-refractivity contribution in [1.82, 2.24) is 5.32 Å². The zero-order valence-corrected chi connectivity index (χ0v) is 12.0. The molecule has 104 valence electrons. The lowest BCUT2D eigenvalue weighted by atomic mass is 9.97. The van der Waals surface area contributed by atoms with E-state index in [9.17, 15) is 0 Å². The summed E-state index contributed by atoms with van der Waals surface area (Å²) in [5, 5.41) is 4.09. The molecule has 4 heteroatoms. The summed E-state index contributed by atoms with van der Waals surface area (Å²) in [6, 6.07) is 5.60. The summed E-state index contributed by atoms with van der Waals surface area (Å²) < 4.78 is 11.5. The van der Waals surface area contributed by atoms with E-state index in [1.54, 1.807) is 13.2 Å². The second-order valence-electron chi connectivity index (χ2n) is 5.50. The smallest absolute Gasteiger partial charge is 0.124 e. The maximum absolute atomic E-state index is 6.24. The van der Waals surface area contributed by atoms with Crippen molar-refractivity contribution in [3.8, 4) is 11.5 Å². The van der Waals surface area contributed by atoms with Crippen molar-refractivity contribution in [2.45, 2.75) is 25.4 Å². The molecule has 0 bridgehead atoms. The minimum atomic E-state index is 0.318. The van der Waals surface area contributed by atoms with Crippen molar-refractivity contribution in [3.05, 3.63) is 23.2 Å². The first-order chi connectivity index (χ1) is 9.26. The Balaban J connectivity index is 1.75. The first-order valence-corrected chi connectivity index (χ1v) is 7.36. The highest BCUT2D eigenvalue weighted by Gasteiger charge is 2.39. The molecular formula is C15H20ClNO2. The molecule has 1 aromatic carbocycles. The fourth-order valence-electron chi connectivity index (χ4n) is 2.84. The molecule has 0 radical (unpaired) electrons. The van der Waals surface area contributed by atoms with Crippen LogP contribution in [0, 0.1) is 11.8 Å². The summed E-state index contributed by atoms with van der Waals surface area (Å²) in [6.07, 6.45) is 4.11. The predicted octanol–water partition coefficient (Wildman–Crippen LogP) is 3.12. The summed E-state index contributed by atoms with van der Waals surface area (Å²) in [5.41, 5.74) is 0. The fraction of sp³-hybridized carbons (Fsp3) is 0.600. The standard InChI is InChI=1S/C15H20ClNO2/c1-18-13-6-12(16)7-14(8-13)19-15(10-2-3-10)11-4-5-17-9-11/h6-8,10-11,15,17H,2-5,9H2,1H3/t11-,15?/m0/s1. The molecular weight excluding hydrogens is 262 g/mol. The van der Waals surface area contributed by atoms with Crippen LogP contribution in [0.2, 0.25) is 5.02 Å². The Morgan fingerprint density at radius 1 is 1.16 bits per heavy atom. The SMILES string of the molecule is COc1cc(Cl)cc(OC(C2CC2)[C@H]2CCNC2)c1. The monoisotopic (exact) mass is 281 g/mol. The van der Waals surface area contributed by atoms with Crippen molar-refractivity contribution >= 4 is 11.6 Å². The van der Waals surface area contributed by atoms with E-state index >= 15 is 0 Å². The topological polar surface area (TPSA) is 30.5 Å². The molecule has 3 nitrogen and oxygen atoms in total. The first-order valence-electron chi connectivity index (χ1n) is 6.98. The van der Waals surface area contributed by atoms with Crippen LogP contribution in [0.1, 0.15) is 19.3 Å². The largest absolute Gasteiger partial charge is 0.497 e. The van der Waals surface area contributed by atoms with Crippen LogP contribution < -0.4 is 14.8 Å². The molecule has 1 unspecified atom stereocenters. The van der Waals surface area contributed by atoms with Gasteiger partial charge in [-0.3, -0.25) is 0 Å². The van der Waals surface area contributed by atoms with E-state index in [1.807, 2.05) is 12.1 Å². The highest BCUT2D eigenvalue weighted by molar-refractivity contribution is 6.30. The van der Waals surface area contributed by atoms with Gasteiger partial charge in [0.25, 0.3) is 0 Å². The van der Waals surface area contributed by atoms with Crippen LogP contribution in [-0.2, 0) is 0 Å². The maximum atomic E-state index is 6.24. The van der Waals surface area contributed by atoms with E-state index in [1.165, 1.54) is 19.3 Å². The van der Waals surface area contributed by atoms with Crippen LogP contribution in [0.3, 0.4) is 0 Å². The van der Waals surface area contributed by atoms with Crippen LogP contribution in [0.4, 0.5) is 0 Å². The third kappa shape index (κ3) is 3.15. The van der Waals surface area contributed by atoms with Gasteiger partial charge in [-0.15, -0.1) is 0 Å². The van der Waals surface area contributed by atoms with E-state index in [-0.39, 0.29) is 0 Å². The van der Waals surface area contributed by atoms with Gasteiger partial charge in [-0.05, 0) is 43.9 Å². The maximum Gasteiger partial charge on any atom is 0.124 e. The lowest BCUT2D eigenvalue weighted by molar-refractivity contribution is 0.120. The second-order valence-corrected chi connectivity index (χ2v) is 5.94. The first kappa shape index (κ1) is 13.1. The van der Waals surface area contributed by atoms with Crippen LogP contribution >= 0.6 is 11.6 Å². The third-order valence-corrected chi connectivity index (χ3v) is 4.22. The minimum Gasteiger partial charge on any atom is -0.497 e. The van der Waals surface area contributed by atoms with Gasteiger partial charge in [-0.2, -0.15) is 0 Å². The van der Waals surface area contributed by atoms with Crippen LogP contribution in [0.15, 0.2) is 18.2 Å². The molecule has 2 fully saturated rings. The van der Waals surface area contributed by atoms with Gasteiger partial charge in [0.2, 0.25) is 0 Å². The Hall–Kier alpha value is -0.930. The molecule has 1 aliphatic heterocycles. The molecule has 1 heterocycles. The van der Waals surface area contributed by atoms with Gasteiger partial charge in [0.1, 0.15) is 17.6 Å². The van der Waals surface area contributed by atoms with Gasteiger partial charge < -0.3 is 14.8 Å². The highest BCUT2D eigenvalue weighted by Crippen LogP contribution is 2.40. The number of nitrogens with one attached hydrogen (secondary N) is 1. The normalized spacial score (nSPS) is 24.2. The van der Waals surface area contributed by atoms with E-state index < -0.39 is 0 Å². The summed E-state index contributed by atoms with van der Waals surface area (Å²) in [5.74, 6) is 2.92. The summed E-state index contributed by atoms with van der Waals surface area (Å²) in [6.45, 7) is 2.18. The molecule has 1 aromatic rings. The van der Waals surface area contributed by atoms with Gasteiger partial charge in [-0.25, -0.2) is 0 Å². The van der Waals surface area contributed by atoms with Gasteiger partial charge >= 0.3 is 0 Å². The molecule has 2 aliphatic rings. The van der Waals surface area contributed by atoms with Crippen LogP contribution in [0.25, 0.3) is 0 Å². The van der Waals surface area contributed by atoms with Gasteiger partial charge in [0.15, 0.2) is 0 Å². The summed E-state index contributed by atoms with van der Waals surface area (Å²) >= 11 is 6.09. The zero-order valence-electron chi connectivity index (χ0n) is 11.2. The zero-order chi connectivity index (χ0) is 13.2. The summed E-state index contributed by atoms with van der Waals surface area (Å²) in [7, 11) is 1.65. The molecule has 0 amide bonds. The summed E-state index contributed by atoms with van der Waals surface area (Å²) in [4.78, 5) is 0. The number of hydrogen-bond donors (Lipinski definition) is 1. The van der Waals surface area contributed by atoms with Crippen molar-refractivity contribution in [2.24, 2.45) is 11.8 Å². The van der Waals surface area contributed by atoms with E-state index in [0.29, 0.717) is 17.0 Å². The van der Waals surface area contributed by atoms with Crippen LogP contribution in [0.5, 0.6) is 11.5 Å². The molecule has 1 aliphatic carbocycles. The lowest BCUT2D eigenvalue weighted by Gasteiger charge is -2.24. The number of ether oxygens (including phenoxy) is 2. The number of halogens is 1.